The molecule has 3 aromatic carbocycles. The van der Waals surface area contributed by atoms with Gasteiger partial charge in [-0.05, 0) is 34.4 Å². The summed E-state index contributed by atoms with van der Waals surface area (Å²) in [6, 6.07) is 17.7. The Hall–Kier alpha value is -2.22. The van der Waals surface area contributed by atoms with Gasteiger partial charge in [-0.1, -0.05) is 30.3 Å². The van der Waals surface area contributed by atoms with Crippen molar-refractivity contribution in [1.29, 1.82) is 0 Å². The highest BCUT2D eigenvalue weighted by atomic mass is 16.7. The molecule has 91 valence electrons. The zero-order valence-electron chi connectivity index (χ0n) is 10.3. The van der Waals surface area contributed by atoms with Crippen molar-refractivity contribution >= 4 is 21.5 Å². The fourth-order valence-corrected chi connectivity index (χ4v) is 2.90. The Bertz CT molecular complexity index is 831. The third-order valence-corrected chi connectivity index (χ3v) is 3.97. The molecule has 0 N–H and O–H groups in total. The van der Waals surface area contributed by atoms with Crippen LogP contribution in [0.5, 0.6) is 11.5 Å². The van der Waals surface area contributed by atoms with Gasteiger partial charge >= 0.3 is 0 Å². The third-order valence-electron chi connectivity index (χ3n) is 3.97. The van der Waals surface area contributed by atoms with Gasteiger partial charge in [0, 0.05) is 12.8 Å². The maximum atomic E-state index is 6.07. The van der Waals surface area contributed by atoms with Crippen LogP contribution < -0.4 is 9.47 Å². The predicted octanol–water partition coefficient (Wildman–Crippen LogP) is 4.05. The second kappa shape index (κ2) is 3.02. The van der Waals surface area contributed by atoms with Gasteiger partial charge in [-0.2, -0.15) is 0 Å². The number of hydrogen-bond acceptors (Lipinski definition) is 2. The van der Waals surface area contributed by atoms with Crippen molar-refractivity contribution in [3.63, 3.8) is 0 Å². The molecule has 2 heteroatoms. The van der Waals surface area contributed by atoms with Crippen molar-refractivity contribution in [3.8, 4) is 11.5 Å². The van der Waals surface area contributed by atoms with Crippen LogP contribution in [0.3, 0.4) is 0 Å². The van der Waals surface area contributed by atoms with Crippen LogP contribution in [0.2, 0.25) is 0 Å². The van der Waals surface area contributed by atoms with Crippen LogP contribution in [0.4, 0.5) is 0 Å². The Labute approximate surface area is 110 Å². The maximum absolute atomic E-state index is 6.07. The lowest BCUT2D eigenvalue weighted by molar-refractivity contribution is -0.0269. The Morgan fingerprint density at radius 1 is 1.00 bits per heavy atom. The number of benzene rings is 3. The molecule has 19 heavy (non-hydrogen) atoms. The van der Waals surface area contributed by atoms with E-state index in [9.17, 15) is 0 Å². The minimum Gasteiger partial charge on any atom is -0.452 e. The smallest absolute Gasteiger partial charge is 0.251 e. The van der Waals surface area contributed by atoms with Gasteiger partial charge in [-0.25, -0.2) is 0 Å². The average molecular weight is 247 g/mol. The Balaban J connectivity index is 1.97. The van der Waals surface area contributed by atoms with Crippen molar-refractivity contribution in [2.24, 2.45) is 0 Å². The second-order valence-corrected chi connectivity index (χ2v) is 5.30. The van der Waals surface area contributed by atoms with Crippen LogP contribution in [-0.4, -0.2) is 5.79 Å². The van der Waals surface area contributed by atoms with Gasteiger partial charge in [0.2, 0.25) is 0 Å². The van der Waals surface area contributed by atoms with Gasteiger partial charge in [0.15, 0.2) is 0 Å². The summed E-state index contributed by atoms with van der Waals surface area (Å²) in [5, 5.41) is 4.53. The van der Waals surface area contributed by atoms with E-state index in [1.165, 1.54) is 5.39 Å². The SMILES string of the molecule is [c]1cccc2cc3c4c(cccc4c12)OC1(CC1)O3. The Kier molecular flexibility index (Phi) is 1.54. The first kappa shape index (κ1) is 9.68. The highest BCUT2D eigenvalue weighted by Gasteiger charge is 2.51. The number of fused-ring (bicyclic) bond motifs is 2. The van der Waals surface area contributed by atoms with Crippen molar-refractivity contribution < 1.29 is 9.47 Å². The quantitative estimate of drug-likeness (QED) is 0.558. The van der Waals surface area contributed by atoms with Gasteiger partial charge < -0.3 is 9.47 Å². The minimum atomic E-state index is -0.381. The van der Waals surface area contributed by atoms with Crippen LogP contribution in [0.15, 0.2) is 42.5 Å². The summed E-state index contributed by atoms with van der Waals surface area (Å²) >= 11 is 0. The largest absolute Gasteiger partial charge is 0.452 e. The molecule has 0 aromatic heterocycles. The second-order valence-electron chi connectivity index (χ2n) is 5.30. The van der Waals surface area contributed by atoms with E-state index >= 15 is 0 Å². The fraction of sp³-hybridized carbons (Fsp3) is 0.176. The van der Waals surface area contributed by atoms with Gasteiger partial charge in [0.1, 0.15) is 11.5 Å². The summed E-state index contributed by atoms with van der Waals surface area (Å²) in [4.78, 5) is 0. The molecule has 2 nitrogen and oxygen atoms in total. The zero-order valence-corrected chi connectivity index (χ0v) is 10.3. The molecule has 1 aliphatic carbocycles. The van der Waals surface area contributed by atoms with E-state index < -0.39 is 0 Å². The Morgan fingerprint density at radius 3 is 2.79 bits per heavy atom. The summed E-state index contributed by atoms with van der Waals surface area (Å²) in [5.74, 6) is 1.50. The van der Waals surface area contributed by atoms with Gasteiger partial charge in [0.05, 0.1) is 5.39 Å². The molecular weight excluding hydrogens is 236 g/mol. The molecule has 1 heterocycles. The molecule has 1 fully saturated rings. The highest BCUT2D eigenvalue weighted by Crippen LogP contribution is 2.51. The summed E-state index contributed by atoms with van der Waals surface area (Å²) in [6.45, 7) is 0. The lowest BCUT2D eigenvalue weighted by Gasteiger charge is -2.27. The summed E-state index contributed by atoms with van der Waals surface area (Å²) in [7, 11) is 0. The molecule has 0 unspecified atom stereocenters. The van der Waals surface area contributed by atoms with Crippen molar-refractivity contribution in [2.75, 3.05) is 0 Å². The normalized spacial score (nSPS) is 18.3. The highest BCUT2D eigenvalue weighted by molar-refractivity contribution is 6.12. The van der Waals surface area contributed by atoms with E-state index in [4.69, 9.17) is 9.47 Å². The predicted molar refractivity (Wildman–Crippen MR) is 73.5 cm³/mol. The summed E-state index contributed by atoms with van der Waals surface area (Å²) in [6.07, 6.45) is 1.95. The van der Waals surface area contributed by atoms with Gasteiger partial charge in [-0.3, -0.25) is 0 Å². The van der Waals surface area contributed by atoms with Crippen LogP contribution in [0.25, 0.3) is 21.5 Å². The van der Waals surface area contributed by atoms with E-state index in [2.05, 4.69) is 24.3 Å². The molecule has 1 saturated carbocycles. The molecule has 1 aliphatic heterocycles. The topological polar surface area (TPSA) is 18.5 Å². The molecule has 2 aliphatic rings. The van der Waals surface area contributed by atoms with Crippen LogP contribution >= 0.6 is 0 Å². The molecule has 1 radical (unpaired) electrons. The molecule has 5 rings (SSSR count). The lowest BCUT2D eigenvalue weighted by atomic mass is 10.00. The molecular formula is C17H11O2. The average Bonchev–Trinajstić information content (AvgIpc) is 3.17. The zero-order chi connectivity index (χ0) is 12.4. The molecule has 3 aromatic rings. The molecule has 0 bridgehead atoms. The van der Waals surface area contributed by atoms with Crippen LogP contribution in [0, 0.1) is 6.07 Å². The van der Waals surface area contributed by atoms with Crippen LogP contribution in [0.1, 0.15) is 12.8 Å². The third kappa shape index (κ3) is 1.21. The fourth-order valence-electron chi connectivity index (χ4n) is 2.90. The number of ether oxygens (including phenoxy) is 2. The standard InChI is InChI=1S/C17H11O2/c1-2-5-12-11(4-1)10-15-16-13(12)6-3-7-14(16)18-17(19-15)8-9-17/h1-4,6-7,10H,8-9H2. The van der Waals surface area contributed by atoms with E-state index in [1.807, 2.05) is 24.3 Å². The maximum Gasteiger partial charge on any atom is 0.251 e. The first-order valence-corrected chi connectivity index (χ1v) is 6.59. The number of rotatable bonds is 0. The molecule has 0 saturated heterocycles. The van der Waals surface area contributed by atoms with Gasteiger partial charge in [-0.15, -0.1) is 0 Å². The van der Waals surface area contributed by atoms with Crippen molar-refractivity contribution in [3.05, 3.63) is 48.5 Å². The van der Waals surface area contributed by atoms with Crippen LogP contribution in [-0.2, 0) is 0 Å². The Morgan fingerprint density at radius 2 is 1.89 bits per heavy atom. The molecule has 0 amide bonds. The van der Waals surface area contributed by atoms with Gasteiger partial charge in [0.25, 0.3) is 5.79 Å². The first-order chi connectivity index (χ1) is 9.35. The van der Waals surface area contributed by atoms with E-state index in [-0.39, 0.29) is 5.79 Å². The lowest BCUT2D eigenvalue weighted by Crippen LogP contribution is -2.28. The van der Waals surface area contributed by atoms with E-state index in [0.717, 1.165) is 40.5 Å². The summed E-state index contributed by atoms with van der Waals surface area (Å²) in [5.41, 5.74) is 0. The van der Waals surface area contributed by atoms with E-state index in [0.29, 0.717) is 0 Å². The first-order valence-electron chi connectivity index (χ1n) is 6.59. The van der Waals surface area contributed by atoms with E-state index in [1.54, 1.807) is 0 Å². The van der Waals surface area contributed by atoms with Crippen molar-refractivity contribution in [1.82, 2.24) is 0 Å². The molecule has 0 atom stereocenters. The molecule has 1 spiro atoms. The summed E-state index contributed by atoms with van der Waals surface area (Å²) < 4.78 is 12.1. The number of hydrogen-bond donors (Lipinski definition) is 0. The van der Waals surface area contributed by atoms with Crippen molar-refractivity contribution in [2.45, 2.75) is 18.6 Å². The minimum absolute atomic E-state index is 0.381. The monoisotopic (exact) mass is 247 g/mol.